The molecular weight excluding hydrogens is 507 g/mol. The summed E-state index contributed by atoms with van der Waals surface area (Å²) in [6, 6.07) is 13.5. The number of guanidine groups is 1. The Hall–Kier alpha value is -2.49. The first-order valence-corrected chi connectivity index (χ1v) is 10.1. The van der Waals surface area contributed by atoms with E-state index in [0.29, 0.717) is 31.2 Å². The van der Waals surface area contributed by atoms with Crippen LogP contribution in [0.2, 0.25) is 0 Å². The van der Waals surface area contributed by atoms with Crippen molar-refractivity contribution in [1.82, 2.24) is 16.0 Å². The number of carbonyl (C=O) groups is 1. The van der Waals surface area contributed by atoms with Crippen molar-refractivity contribution in [2.45, 2.75) is 26.3 Å². The van der Waals surface area contributed by atoms with Gasteiger partial charge in [-0.1, -0.05) is 25.1 Å². The number of methoxy groups -OCH3 is 2. The van der Waals surface area contributed by atoms with E-state index in [-0.39, 0.29) is 29.9 Å². The zero-order valence-corrected chi connectivity index (χ0v) is 21.0. The minimum absolute atomic E-state index is 0. The Kier molecular flexibility index (Phi) is 12.4. The summed E-state index contributed by atoms with van der Waals surface area (Å²) in [6.45, 7) is 4.00. The molecule has 2 aromatic carbocycles. The second kappa shape index (κ2) is 14.5. The predicted molar refractivity (Wildman–Crippen MR) is 136 cm³/mol. The molecule has 0 aliphatic carbocycles. The third kappa shape index (κ3) is 8.64. The number of amides is 1. The number of hydrogen-bond donors (Lipinski definition) is 3. The lowest BCUT2D eigenvalue weighted by atomic mass is 10.1. The van der Waals surface area contributed by atoms with Gasteiger partial charge < -0.3 is 25.4 Å². The molecule has 2 aromatic rings. The zero-order valence-electron chi connectivity index (χ0n) is 18.7. The van der Waals surface area contributed by atoms with Gasteiger partial charge >= 0.3 is 0 Å². The average Bonchev–Trinajstić information content (AvgIpc) is 2.79. The number of aliphatic imine (C=N–C) groups is 1. The van der Waals surface area contributed by atoms with Gasteiger partial charge in [0, 0.05) is 32.2 Å². The first kappa shape index (κ1) is 26.5. The molecule has 0 aliphatic heterocycles. The summed E-state index contributed by atoms with van der Waals surface area (Å²) >= 11 is 0. The largest absolute Gasteiger partial charge is 0.493 e. The van der Waals surface area contributed by atoms with Crippen molar-refractivity contribution in [2.75, 3.05) is 34.4 Å². The molecule has 0 bridgehead atoms. The number of rotatable bonds is 10. The molecule has 0 aromatic heterocycles. The van der Waals surface area contributed by atoms with Gasteiger partial charge in [-0.25, -0.2) is 0 Å². The SMILES string of the molecule is CCCNC(=O)c1cccc(CNC(=NC)NCCc2ccc(OC)c(OC)c2)c1.I. The highest BCUT2D eigenvalue weighted by Gasteiger charge is 2.07. The summed E-state index contributed by atoms with van der Waals surface area (Å²) in [6.07, 6.45) is 1.73. The van der Waals surface area contributed by atoms with E-state index in [1.807, 2.05) is 49.4 Å². The van der Waals surface area contributed by atoms with Crippen LogP contribution in [-0.4, -0.2) is 46.2 Å². The number of ether oxygens (including phenoxy) is 2. The normalized spacial score (nSPS) is 10.6. The van der Waals surface area contributed by atoms with Gasteiger partial charge in [0.2, 0.25) is 0 Å². The van der Waals surface area contributed by atoms with Crippen LogP contribution < -0.4 is 25.4 Å². The molecule has 0 heterocycles. The molecule has 0 unspecified atom stereocenters. The van der Waals surface area contributed by atoms with Crippen molar-refractivity contribution >= 4 is 35.8 Å². The maximum absolute atomic E-state index is 12.1. The third-order valence-electron chi connectivity index (χ3n) is 4.56. The molecule has 170 valence electrons. The highest BCUT2D eigenvalue weighted by atomic mass is 127. The summed E-state index contributed by atoms with van der Waals surface area (Å²) in [5.74, 6) is 2.10. The fraction of sp³-hybridized carbons (Fsp3) is 0.391. The van der Waals surface area contributed by atoms with E-state index in [9.17, 15) is 4.79 Å². The van der Waals surface area contributed by atoms with Crippen LogP contribution in [0.1, 0.15) is 34.8 Å². The summed E-state index contributed by atoms with van der Waals surface area (Å²) in [4.78, 5) is 16.4. The lowest BCUT2D eigenvalue weighted by Gasteiger charge is -2.13. The predicted octanol–water partition coefficient (Wildman–Crippen LogP) is 3.37. The summed E-state index contributed by atoms with van der Waals surface area (Å²) in [5.41, 5.74) is 2.82. The number of benzene rings is 2. The monoisotopic (exact) mass is 540 g/mol. The van der Waals surface area contributed by atoms with Crippen LogP contribution in [0.25, 0.3) is 0 Å². The molecule has 0 saturated carbocycles. The lowest BCUT2D eigenvalue weighted by Crippen LogP contribution is -2.37. The second-order valence-electron chi connectivity index (χ2n) is 6.75. The van der Waals surface area contributed by atoms with Crippen molar-refractivity contribution in [3.63, 3.8) is 0 Å². The Morgan fingerprint density at radius 2 is 1.71 bits per heavy atom. The zero-order chi connectivity index (χ0) is 21.8. The summed E-state index contributed by atoms with van der Waals surface area (Å²) in [7, 11) is 5.00. The van der Waals surface area contributed by atoms with E-state index < -0.39 is 0 Å². The van der Waals surface area contributed by atoms with Crippen LogP contribution in [0.3, 0.4) is 0 Å². The lowest BCUT2D eigenvalue weighted by molar-refractivity contribution is 0.0953. The molecule has 8 heteroatoms. The molecule has 0 spiro atoms. The number of hydrogen-bond acceptors (Lipinski definition) is 4. The smallest absolute Gasteiger partial charge is 0.251 e. The first-order chi connectivity index (χ1) is 14.6. The van der Waals surface area contributed by atoms with Crippen molar-refractivity contribution < 1.29 is 14.3 Å². The Balaban J connectivity index is 0.00000480. The molecular formula is C23H33IN4O3. The Labute approximate surface area is 202 Å². The maximum atomic E-state index is 12.1. The fourth-order valence-electron chi connectivity index (χ4n) is 2.93. The first-order valence-electron chi connectivity index (χ1n) is 10.1. The molecule has 0 radical (unpaired) electrons. The third-order valence-corrected chi connectivity index (χ3v) is 4.56. The molecule has 0 aliphatic rings. The van der Waals surface area contributed by atoms with Crippen LogP contribution in [0.15, 0.2) is 47.5 Å². The van der Waals surface area contributed by atoms with Crippen molar-refractivity contribution in [1.29, 1.82) is 0 Å². The van der Waals surface area contributed by atoms with E-state index in [1.165, 1.54) is 0 Å². The van der Waals surface area contributed by atoms with E-state index in [0.717, 1.165) is 35.5 Å². The van der Waals surface area contributed by atoms with Crippen LogP contribution in [0, 0.1) is 0 Å². The van der Waals surface area contributed by atoms with Crippen LogP contribution in [0.5, 0.6) is 11.5 Å². The van der Waals surface area contributed by atoms with Gasteiger partial charge in [-0.05, 0) is 48.2 Å². The summed E-state index contributed by atoms with van der Waals surface area (Å²) < 4.78 is 10.6. The standard InChI is InChI=1S/C23H32N4O3.HI/c1-5-12-25-22(28)19-8-6-7-18(14-19)16-27-23(24-2)26-13-11-17-9-10-20(29-3)21(15-17)30-4;/h6-10,14-15H,5,11-13,16H2,1-4H3,(H,25,28)(H2,24,26,27);1H. The van der Waals surface area contributed by atoms with Crippen LogP contribution in [0.4, 0.5) is 0 Å². The minimum atomic E-state index is -0.0453. The van der Waals surface area contributed by atoms with Crippen LogP contribution in [-0.2, 0) is 13.0 Å². The van der Waals surface area contributed by atoms with Crippen molar-refractivity contribution in [3.05, 3.63) is 59.2 Å². The average molecular weight is 540 g/mol. The molecule has 1 amide bonds. The van der Waals surface area contributed by atoms with Gasteiger partial charge in [-0.15, -0.1) is 24.0 Å². The Morgan fingerprint density at radius 3 is 2.39 bits per heavy atom. The summed E-state index contributed by atoms with van der Waals surface area (Å²) in [5, 5.41) is 9.49. The van der Waals surface area contributed by atoms with Gasteiger partial charge in [0.05, 0.1) is 14.2 Å². The quantitative estimate of drug-likeness (QED) is 0.245. The Bertz CT molecular complexity index is 858. The molecule has 7 nitrogen and oxygen atoms in total. The number of nitrogens with one attached hydrogen (secondary N) is 3. The minimum Gasteiger partial charge on any atom is -0.493 e. The molecule has 0 atom stereocenters. The second-order valence-corrected chi connectivity index (χ2v) is 6.75. The van der Waals surface area contributed by atoms with Gasteiger partial charge in [0.25, 0.3) is 5.91 Å². The van der Waals surface area contributed by atoms with Crippen LogP contribution >= 0.6 is 24.0 Å². The fourth-order valence-corrected chi connectivity index (χ4v) is 2.93. The topological polar surface area (TPSA) is 84.0 Å². The van der Waals surface area contributed by atoms with Crippen molar-refractivity contribution in [3.8, 4) is 11.5 Å². The molecule has 2 rings (SSSR count). The van der Waals surface area contributed by atoms with E-state index in [2.05, 4.69) is 20.9 Å². The highest BCUT2D eigenvalue weighted by molar-refractivity contribution is 14.0. The van der Waals surface area contributed by atoms with Gasteiger partial charge in [0.15, 0.2) is 17.5 Å². The molecule has 0 fully saturated rings. The Morgan fingerprint density at radius 1 is 0.935 bits per heavy atom. The molecule has 31 heavy (non-hydrogen) atoms. The number of nitrogens with zero attached hydrogens (tertiary/aromatic N) is 1. The molecule has 3 N–H and O–H groups in total. The molecule has 0 saturated heterocycles. The van der Waals surface area contributed by atoms with E-state index in [4.69, 9.17) is 9.47 Å². The number of carbonyl (C=O) groups excluding carboxylic acids is 1. The maximum Gasteiger partial charge on any atom is 0.251 e. The van der Waals surface area contributed by atoms with Crippen molar-refractivity contribution in [2.24, 2.45) is 4.99 Å². The van der Waals surface area contributed by atoms with E-state index >= 15 is 0 Å². The highest BCUT2D eigenvalue weighted by Crippen LogP contribution is 2.27. The van der Waals surface area contributed by atoms with Gasteiger partial charge in [-0.3, -0.25) is 9.79 Å². The van der Waals surface area contributed by atoms with E-state index in [1.54, 1.807) is 21.3 Å². The van der Waals surface area contributed by atoms with Gasteiger partial charge in [0.1, 0.15) is 0 Å². The van der Waals surface area contributed by atoms with Gasteiger partial charge in [-0.2, -0.15) is 0 Å². The number of halogens is 1.